The van der Waals surface area contributed by atoms with Gasteiger partial charge >= 0.3 is 5.97 Å². The summed E-state index contributed by atoms with van der Waals surface area (Å²) in [5, 5.41) is 10.9. The fourth-order valence-electron chi connectivity index (χ4n) is 1.19. The van der Waals surface area contributed by atoms with Crippen molar-refractivity contribution in [1.29, 1.82) is 0 Å². The average molecular weight is 233 g/mol. The van der Waals surface area contributed by atoms with E-state index in [1.807, 2.05) is 0 Å². The Bertz CT molecular complexity index is 386. The highest BCUT2D eigenvalue weighted by atomic mass is 19.1. The van der Waals surface area contributed by atoms with Crippen LogP contribution in [0.5, 0.6) is 0 Å². The maximum atomic E-state index is 13.1. The van der Waals surface area contributed by atoms with Gasteiger partial charge in [-0.25, -0.2) is 18.0 Å². The molecule has 3 nitrogen and oxygen atoms in total. The molecular weight excluding hydrogens is 223 g/mol. The van der Waals surface area contributed by atoms with Gasteiger partial charge in [-0.3, -0.25) is 0 Å². The van der Waals surface area contributed by atoms with Gasteiger partial charge in [-0.05, 0) is 6.42 Å². The highest BCUT2D eigenvalue weighted by Crippen LogP contribution is 2.21. The van der Waals surface area contributed by atoms with Crippen molar-refractivity contribution in [3.05, 3.63) is 29.6 Å². The second kappa shape index (κ2) is 4.87. The van der Waals surface area contributed by atoms with Gasteiger partial charge in [0.1, 0.15) is 17.5 Å². The van der Waals surface area contributed by atoms with Gasteiger partial charge < -0.3 is 10.4 Å². The van der Waals surface area contributed by atoms with Gasteiger partial charge in [0.05, 0.1) is 0 Å². The summed E-state index contributed by atoms with van der Waals surface area (Å²) in [7, 11) is 0. The Morgan fingerprint density at radius 2 is 1.88 bits per heavy atom. The van der Waals surface area contributed by atoms with Crippen molar-refractivity contribution in [2.75, 3.05) is 5.32 Å². The average Bonchev–Trinajstić information content (AvgIpc) is 2.15. The van der Waals surface area contributed by atoms with Crippen molar-refractivity contribution in [3.8, 4) is 0 Å². The Hall–Kier alpha value is -1.72. The quantitative estimate of drug-likeness (QED) is 0.839. The molecule has 0 amide bonds. The number of anilines is 1. The van der Waals surface area contributed by atoms with Gasteiger partial charge in [-0.15, -0.1) is 0 Å². The zero-order chi connectivity index (χ0) is 12.3. The van der Waals surface area contributed by atoms with Crippen LogP contribution in [0.2, 0.25) is 0 Å². The lowest BCUT2D eigenvalue weighted by Crippen LogP contribution is -2.29. The van der Waals surface area contributed by atoms with Crippen molar-refractivity contribution < 1.29 is 23.1 Å². The van der Waals surface area contributed by atoms with Gasteiger partial charge in [-0.1, -0.05) is 6.92 Å². The monoisotopic (exact) mass is 233 g/mol. The number of rotatable bonds is 4. The Labute approximate surface area is 89.9 Å². The molecule has 0 aliphatic heterocycles. The highest BCUT2D eigenvalue weighted by molar-refractivity contribution is 5.77. The fraction of sp³-hybridized carbons (Fsp3) is 0.300. The van der Waals surface area contributed by atoms with E-state index in [0.717, 1.165) is 0 Å². The minimum atomic E-state index is -1.23. The molecular formula is C10H10F3NO2. The van der Waals surface area contributed by atoms with E-state index in [-0.39, 0.29) is 6.42 Å². The van der Waals surface area contributed by atoms with Crippen LogP contribution < -0.4 is 5.32 Å². The standard InChI is InChI=1S/C10H10F3NO2/c1-2-8(10(15)16)14-9-6(12)3-5(11)4-7(9)13/h3-4,8,14H,2H2,1H3,(H,15,16). The molecule has 6 heteroatoms. The van der Waals surface area contributed by atoms with Crippen molar-refractivity contribution >= 4 is 11.7 Å². The Morgan fingerprint density at radius 3 is 2.25 bits per heavy atom. The molecule has 0 aromatic heterocycles. The van der Waals surface area contributed by atoms with E-state index >= 15 is 0 Å². The molecule has 2 N–H and O–H groups in total. The van der Waals surface area contributed by atoms with Crippen LogP contribution in [0.3, 0.4) is 0 Å². The third-order valence-corrected chi connectivity index (χ3v) is 2.03. The predicted octanol–water partition coefficient (Wildman–Crippen LogP) is 2.38. The lowest BCUT2D eigenvalue weighted by atomic mass is 10.2. The first-order valence-corrected chi connectivity index (χ1v) is 4.59. The molecule has 0 saturated carbocycles. The van der Waals surface area contributed by atoms with E-state index in [0.29, 0.717) is 12.1 Å². The van der Waals surface area contributed by atoms with Crippen molar-refractivity contribution in [2.24, 2.45) is 0 Å². The maximum absolute atomic E-state index is 13.1. The van der Waals surface area contributed by atoms with E-state index in [9.17, 15) is 18.0 Å². The summed E-state index contributed by atoms with van der Waals surface area (Å²) in [6, 6.07) is -0.144. The molecule has 0 aliphatic rings. The third-order valence-electron chi connectivity index (χ3n) is 2.03. The fourth-order valence-corrected chi connectivity index (χ4v) is 1.19. The van der Waals surface area contributed by atoms with Crippen molar-refractivity contribution in [2.45, 2.75) is 19.4 Å². The summed E-state index contributed by atoms with van der Waals surface area (Å²) in [6.07, 6.45) is 0.144. The summed E-state index contributed by atoms with van der Waals surface area (Å²) in [4.78, 5) is 10.6. The van der Waals surface area contributed by atoms with Crippen LogP contribution in [-0.4, -0.2) is 17.1 Å². The second-order valence-corrected chi connectivity index (χ2v) is 3.19. The van der Waals surface area contributed by atoms with E-state index < -0.39 is 35.2 Å². The van der Waals surface area contributed by atoms with Crippen LogP contribution in [0.15, 0.2) is 12.1 Å². The van der Waals surface area contributed by atoms with Gasteiger partial charge in [-0.2, -0.15) is 0 Å². The smallest absolute Gasteiger partial charge is 0.326 e. The molecule has 0 saturated heterocycles. The lowest BCUT2D eigenvalue weighted by Gasteiger charge is -2.14. The third kappa shape index (κ3) is 2.65. The molecule has 1 atom stereocenters. The number of carboxylic acid groups (broad SMARTS) is 1. The second-order valence-electron chi connectivity index (χ2n) is 3.19. The van der Waals surface area contributed by atoms with E-state index in [4.69, 9.17) is 5.11 Å². The van der Waals surface area contributed by atoms with Gasteiger partial charge in [0.2, 0.25) is 0 Å². The number of benzene rings is 1. The SMILES string of the molecule is CCC(Nc1c(F)cc(F)cc1F)C(=O)O. The molecule has 88 valence electrons. The summed E-state index contributed by atoms with van der Waals surface area (Å²) in [5.41, 5.74) is -0.629. The van der Waals surface area contributed by atoms with Crippen LogP contribution >= 0.6 is 0 Å². The Kier molecular flexibility index (Phi) is 3.76. The topological polar surface area (TPSA) is 49.3 Å². The minimum absolute atomic E-state index is 0.144. The molecule has 1 rings (SSSR count). The van der Waals surface area contributed by atoms with Crippen LogP contribution in [0.25, 0.3) is 0 Å². The Balaban J connectivity index is 3.01. The molecule has 1 aromatic rings. The number of carbonyl (C=O) groups is 1. The minimum Gasteiger partial charge on any atom is -0.480 e. The summed E-state index contributed by atoms with van der Waals surface area (Å²) < 4.78 is 38.8. The number of aliphatic carboxylic acids is 1. The number of hydrogen-bond acceptors (Lipinski definition) is 2. The van der Waals surface area contributed by atoms with Gasteiger partial charge in [0.15, 0.2) is 11.6 Å². The predicted molar refractivity (Wildman–Crippen MR) is 51.7 cm³/mol. The zero-order valence-corrected chi connectivity index (χ0v) is 8.43. The van der Waals surface area contributed by atoms with E-state index in [1.165, 1.54) is 0 Å². The largest absolute Gasteiger partial charge is 0.480 e. The van der Waals surface area contributed by atoms with E-state index in [1.54, 1.807) is 6.92 Å². The normalized spacial score (nSPS) is 12.2. The van der Waals surface area contributed by atoms with Crippen molar-refractivity contribution in [3.63, 3.8) is 0 Å². The van der Waals surface area contributed by atoms with Crippen LogP contribution in [0.4, 0.5) is 18.9 Å². The van der Waals surface area contributed by atoms with Crippen molar-refractivity contribution in [1.82, 2.24) is 0 Å². The van der Waals surface area contributed by atoms with Crippen LogP contribution in [-0.2, 0) is 4.79 Å². The first kappa shape index (κ1) is 12.4. The molecule has 1 aromatic carbocycles. The zero-order valence-electron chi connectivity index (χ0n) is 8.43. The molecule has 0 heterocycles. The number of carboxylic acids is 1. The first-order valence-electron chi connectivity index (χ1n) is 4.59. The van der Waals surface area contributed by atoms with Crippen LogP contribution in [0, 0.1) is 17.5 Å². The summed E-state index contributed by atoms with van der Waals surface area (Å²) in [6.45, 7) is 1.55. The molecule has 0 bridgehead atoms. The van der Waals surface area contributed by atoms with Crippen LogP contribution in [0.1, 0.15) is 13.3 Å². The summed E-state index contributed by atoms with van der Waals surface area (Å²) >= 11 is 0. The number of nitrogens with one attached hydrogen (secondary N) is 1. The first-order chi connectivity index (χ1) is 7.45. The molecule has 16 heavy (non-hydrogen) atoms. The lowest BCUT2D eigenvalue weighted by molar-refractivity contribution is -0.137. The highest BCUT2D eigenvalue weighted by Gasteiger charge is 2.19. The van der Waals surface area contributed by atoms with Gasteiger partial charge in [0.25, 0.3) is 0 Å². The maximum Gasteiger partial charge on any atom is 0.326 e. The molecule has 0 spiro atoms. The van der Waals surface area contributed by atoms with Gasteiger partial charge in [0, 0.05) is 12.1 Å². The molecule has 0 radical (unpaired) electrons. The number of hydrogen-bond donors (Lipinski definition) is 2. The molecule has 1 unspecified atom stereocenters. The Morgan fingerprint density at radius 1 is 1.38 bits per heavy atom. The van der Waals surface area contributed by atoms with E-state index in [2.05, 4.69) is 5.32 Å². The molecule has 0 aliphatic carbocycles. The molecule has 0 fully saturated rings. The summed E-state index contributed by atoms with van der Waals surface area (Å²) in [5.74, 6) is -4.59. The number of halogens is 3.